The lowest BCUT2D eigenvalue weighted by Gasteiger charge is -2.22. The van der Waals surface area contributed by atoms with Crippen LogP contribution >= 0.6 is 0 Å². The van der Waals surface area contributed by atoms with Crippen LogP contribution in [0.2, 0.25) is 0 Å². The molecule has 0 fully saturated rings. The molecule has 0 aliphatic heterocycles. The number of hydrogen-bond acceptors (Lipinski definition) is 6. The molecule has 0 radical (unpaired) electrons. The molecule has 2 aromatic heterocycles. The number of rotatable bonds is 6. The molecule has 0 bridgehead atoms. The van der Waals surface area contributed by atoms with Crippen LogP contribution in [0.3, 0.4) is 0 Å². The molecule has 0 aromatic carbocycles. The predicted octanol–water partition coefficient (Wildman–Crippen LogP) is 1.27. The minimum absolute atomic E-state index is 0.0557. The lowest BCUT2D eigenvalue weighted by atomic mass is 10.3. The largest absolute Gasteiger partial charge is 0.361 e. The second kappa shape index (κ2) is 5.94. The maximum absolute atomic E-state index is 5.22. The fourth-order valence-electron chi connectivity index (χ4n) is 2.01. The van der Waals surface area contributed by atoms with Crippen molar-refractivity contribution >= 4 is 17.0 Å². The van der Waals surface area contributed by atoms with Gasteiger partial charge in [-0.3, -0.25) is 0 Å². The van der Waals surface area contributed by atoms with Gasteiger partial charge in [0.25, 0.3) is 0 Å². The molecule has 0 saturated carbocycles. The summed E-state index contributed by atoms with van der Waals surface area (Å²) in [4.78, 5) is 12.8. The zero-order chi connectivity index (χ0) is 13.8. The average molecular weight is 265 g/mol. The van der Waals surface area contributed by atoms with Crippen LogP contribution in [-0.2, 0) is 16.0 Å². The Balaban J connectivity index is 2.28. The van der Waals surface area contributed by atoms with Crippen molar-refractivity contribution in [1.29, 1.82) is 0 Å². The fraction of sp³-hybridized carbons (Fsp3) is 0.583. The molecule has 2 rings (SSSR count). The van der Waals surface area contributed by atoms with E-state index in [1.165, 1.54) is 6.33 Å². The summed E-state index contributed by atoms with van der Waals surface area (Å²) in [5, 5.41) is 3.25. The fourth-order valence-corrected chi connectivity index (χ4v) is 2.01. The van der Waals surface area contributed by atoms with Crippen LogP contribution < -0.4 is 5.32 Å². The predicted molar refractivity (Wildman–Crippen MR) is 71.9 cm³/mol. The number of ether oxygens (including phenoxy) is 2. The van der Waals surface area contributed by atoms with E-state index < -0.39 is 0 Å². The Morgan fingerprint density at radius 2 is 2.00 bits per heavy atom. The van der Waals surface area contributed by atoms with Crippen molar-refractivity contribution in [2.24, 2.45) is 0 Å². The van der Waals surface area contributed by atoms with Crippen LogP contribution in [-0.4, -0.2) is 46.1 Å². The van der Waals surface area contributed by atoms with E-state index in [1.807, 2.05) is 18.4 Å². The molecule has 2 heterocycles. The summed E-state index contributed by atoms with van der Waals surface area (Å²) in [6.07, 6.45) is 2.94. The van der Waals surface area contributed by atoms with E-state index in [0.29, 0.717) is 5.82 Å². The van der Waals surface area contributed by atoms with Crippen molar-refractivity contribution in [2.45, 2.75) is 32.7 Å². The van der Waals surface area contributed by atoms with Crippen molar-refractivity contribution in [3.8, 4) is 0 Å². The van der Waals surface area contributed by atoms with Crippen molar-refractivity contribution in [3.63, 3.8) is 0 Å². The Morgan fingerprint density at radius 3 is 2.63 bits per heavy atom. The molecular weight excluding hydrogens is 246 g/mol. The van der Waals surface area contributed by atoms with Gasteiger partial charge in [0, 0.05) is 20.8 Å². The number of hydrogen-bond donors (Lipinski definition) is 1. The minimum atomic E-state index is -0.349. The van der Waals surface area contributed by atoms with Crippen molar-refractivity contribution in [1.82, 2.24) is 19.5 Å². The monoisotopic (exact) mass is 265 g/mol. The molecule has 1 unspecified atom stereocenters. The van der Waals surface area contributed by atoms with E-state index in [2.05, 4.69) is 20.3 Å². The van der Waals surface area contributed by atoms with Gasteiger partial charge in [0.2, 0.25) is 0 Å². The third kappa shape index (κ3) is 2.66. The highest BCUT2D eigenvalue weighted by Crippen LogP contribution is 2.18. The van der Waals surface area contributed by atoms with Crippen molar-refractivity contribution in [2.75, 3.05) is 19.5 Å². The molecular formula is C12H19N5O2. The summed E-state index contributed by atoms with van der Waals surface area (Å²) in [7, 11) is 3.21. The summed E-state index contributed by atoms with van der Waals surface area (Å²) >= 11 is 0. The van der Waals surface area contributed by atoms with E-state index in [0.717, 1.165) is 17.7 Å². The Kier molecular flexibility index (Phi) is 4.28. The summed E-state index contributed by atoms with van der Waals surface area (Å²) in [5.41, 5.74) is 1.57. The molecule has 0 spiro atoms. The van der Waals surface area contributed by atoms with Gasteiger partial charge in [-0.2, -0.15) is 0 Å². The van der Waals surface area contributed by atoms with E-state index >= 15 is 0 Å². The second-order valence-electron chi connectivity index (χ2n) is 4.20. The van der Waals surface area contributed by atoms with Gasteiger partial charge in [-0.25, -0.2) is 15.0 Å². The van der Waals surface area contributed by atoms with Crippen LogP contribution in [0.1, 0.15) is 13.8 Å². The topological polar surface area (TPSA) is 74.1 Å². The zero-order valence-corrected chi connectivity index (χ0v) is 11.6. The van der Waals surface area contributed by atoms with E-state index in [-0.39, 0.29) is 12.3 Å². The number of aromatic nitrogens is 4. The average Bonchev–Trinajstić information content (AvgIpc) is 2.84. The van der Waals surface area contributed by atoms with Gasteiger partial charge in [0.15, 0.2) is 17.8 Å². The Labute approximate surface area is 112 Å². The van der Waals surface area contributed by atoms with Gasteiger partial charge in [-0.15, -0.1) is 0 Å². The van der Waals surface area contributed by atoms with Gasteiger partial charge in [-0.05, 0) is 13.8 Å². The third-order valence-corrected chi connectivity index (χ3v) is 2.98. The van der Waals surface area contributed by atoms with Crippen LogP contribution in [0.4, 0.5) is 5.82 Å². The molecule has 2 aromatic rings. The number of aryl methyl sites for hydroxylation is 1. The summed E-state index contributed by atoms with van der Waals surface area (Å²) < 4.78 is 12.4. The minimum Gasteiger partial charge on any atom is -0.361 e. The molecule has 0 saturated heterocycles. The zero-order valence-electron chi connectivity index (χ0n) is 11.6. The Bertz CT molecular complexity index is 538. The van der Waals surface area contributed by atoms with Gasteiger partial charge in [0.1, 0.15) is 11.8 Å². The molecule has 19 heavy (non-hydrogen) atoms. The lowest BCUT2D eigenvalue weighted by Crippen LogP contribution is -2.34. The number of nitrogens with one attached hydrogen (secondary N) is 1. The van der Waals surface area contributed by atoms with Crippen LogP contribution in [0.5, 0.6) is 0 Å². The van der Waals surface area contributed by atoms with Gasteiger partial charge >= 0.3 is 0 Å². The maximum Gasteiger partial charge on any atom is 0.176 e. The first kappa shape index (κ1) is 13.7. The number of imidazole rings is 1. The highest BCUT2D eigenvalue weighted by molar-refractivity contribution is 5.82. The molecule has 0 aliphatic rings. The van der Waals surface area contributed by atoms with E-state index in [1.54, 1.807) is 20.5 Å². The summed E-state index contributed by atoms with van der Waals surface area (Å²) in [6, 6.07) is -0.0557. The maximum atomic E-state index is 5.22. The molecule has 0 amide bonds. The highest BCUT2D eigenvalue weighted by atomic mass is 16.7. The quantitative estimate of drug-likeness (QED) is 0.793. The molecule has 0 aliphatic carbocycles. The molecule has 104 valence electrons. The highest BCUT2D eigenvalue weighted by Gasteiger charge is 2.18. The molecule has 7 nitrogen and oxygen atoms in total. The van der Waals surface area contributed by atoms with E-state index in [4.69, 9.17) is 9.47 Å². The summed E-state index contributed by atoms with van der Waals surface area (Å²) in [5.74, 6) is 0.684. The Hall–Kier alpha value is -1.73. The van der Waals surface area contributed by atoms with Crippen molar-refractivity contribution < 1.29 is 9.47 Å². The number of methoxy groups -OCH3 is 2. The van der Waals surface area contributed by atoms with Crippen molar-refractivity contribution in [3.05, 3.63) is 12.7 Å². The third-order valence-electron chi connectivity index (χ3n) is 2.98. The summed E-state index contributed by atoms with van der Waals surface area (Å²) in [6.45, 7) is 4.83. The first-order chi connectivity index (χ1) is 9.21. The first-order valence-electron chi connectivity index (χ1n) is 6.19. The van der Waals surface area contributed by atoms with Crippen LogP contribution in [0.25, 0.3) is 11.2 Å². The van der Waals surface area contributed by atoms with Gasteiger partial charge in [0.05, 0.1) is 12.4 Å². The molecule has 1 atom stereocenters. The SMILES string of the molecule is CCn1cnc2c(NC(C)C(OC)OC)ncnc21. The Morgan fingerprint density at radius 1 is 1.26 bits per heavy atom. The van der Waals surface area contributed by atoms with Gasteiger partial charge in [-0.1, -0.05) is 0 Å². The van der Waals surface area contributed by atoms with E-state index in [9.17, 15) is 0 Å². The second-order valence-corrected chi connectivity index (χ2v) is 4.20. The molecule has 1 N–H and O–H groups in total. The van der Waals surface area contributed by atoms with Crippen LogP contribution in [0, 0.1) is 0 Å². The molecule has 7 heteroatoms. The van der Waals surface area contributed by atoms with Gasteiger partial charge < -0.3 is 19.4 Å². The number of nitrogens with zero attached hydrogens (tertiary/aromatic N) is 4. The standard InChI is InChI=1S/C12H19N5O2/c1-5-17-7-15-9-10(13-6-14-11(9)17)16-8(2)12(18-3)19-4/h6-8,12H,5H2,1-4H3,(H,13,14,16). The number of fused-ring (bicyclic) bond motifs is 1. The van der Waals surface area contributed by atoms with Crippen LogP contribution in [0.15, 0.2) is 12.7 Å². The number of anilines is 1. The smallest absolute Gasteiger partial charge is 0.176 e. The first-order valence-corrected chi connectivity index (χ1v) is 6.19. The normalized spacial score (nSPS) is 13.1. The lowest BCUT2D eigenvalue weighted by molar-refractivity contribution is -0.109.